The van der Waals surface area contributed by atoms with E-state index in [4.69, 9.17) is 14.5 Å². The van der Waals surface area contributed by atoms with E-state index in [0.29, 0.717) is 87.2 Å². The maximum atomic E-state index is 14.7. The summed E-state index contributed by atoms with van der Waals surface area (Å²) in [4.78, 5) is 80.2. The van der Waals surface area contributed by atoms with Crippen molar-refractivity contribution in [2.45, 2.75) is 83.7 Å². The van der Waals surface area contributed by atoms with Crippen molar-refractivity contribution in [1.82, 2.24) is 34.9 Å². The molecule has 0 bridgehead atoms. The molecule has 7 aromatic rings. The summed E-state index contributed by atoms with van der Waals surface area (Å²) < 4.78 is 58.8. The maximum Gasteiger partial charge on any atom is 0.405 e. The SMILES string of the molecule is Cc1c(OCCCN2CCN(CC(=O)Nc3cccc4c(C5CCC(=O)NC5=O)nn(C)c34)C[C@@H]2C(F)(F)F)cccc1-c1ccc(N2CCc3cccc(C(=O)Nc4nc5ccccc5s4)c3C2)nc1C(=O)OC(C)(C)C. The van der Waals surface area contributed by atoms with Crippen molar-refractivity contribution in [3.8, 4) is 16.9 Å². The number of aryl methyl sites for hydroxylation is 1. The fourth-order valence-electron chi connectivity index (χ4n) is 10.6. The van der Waals surface area contributed by atoms with Crippen LogP contribution in [0.3, 0.4) is 0 Å². The van der Waals surface area contributed by atoms with Gasteiger partial charge in [0.15, 0.2) is 10.8 Å². The smallest absolute Gasteiger partial charge is 0.405 e. The van der Waals surface area contributed by atoms with Gasteiger partial charge in [-0.1, -0.05) is 59.9 Å². The molecule has 2 fully saturated rings. The number of esters is 1. The van der Waals surface area contributed by atoms with E-state index < -0.39 is 48.1 Å². The minimum Gasteiger partial charge on any atom is -0.493 e. The number of hydrogen-bond acceptors (Lipinski definition) is 14. The van der Waals surface area contributed by atoms with Crippen LogP contribution in [-0.2, 0) is 39.1 Å². The summed E-state index contributed by atoms with van der Waals surface area (Å²) in [7, 11) is 1.67. The number of alkyl halides is 3. The molecule has 0 saturated carbocycles. The van der Waals surface area contributed by atoms with Crippen LogP contribution in [0.2, 0.25) is 0 Å². The van der Waals surface area contributed by atoms with E-state index in [0.717, 1.165) is 21.3 Å². The number of rotatable bonds is 14. The molecule has 21 heteroatoms. The van der Waals surface area contributed by atoms with E-state index >= 15 is 0 Å². The summed E-state index contributed by atoms with van der Waals surface area (Å²) in [6.07, 6.45) is -3.19. The summed E-state index contributed by atoms with van der Waals surface area (Å²) in [6, 6.07) is 25.8. The quantitative estimate of drug-likeness (QED) is 0.0532. The average Bonchev–Trinajstić information content (AvgIpc) is 4.12. The highest BCUT2D eigenvalue weighted by molar-refractivity contribution is 7.22. The van der Waals surface area contributed by atoms with Crippen LogP contribution in [0.15, 0.2) is 91.0 Å². The number of carbonyl (C=O) groups is 5. The van der Waals surface area contributed by atoms with Crippen molar-refractivity contribution < 1.29 is 46.6 Å². The fraction of sp³-hybridized carbons (Fsp3) is 0.368. The summed E-state index contributed by atoms with van der Waals surface area (Å²) >= 11 is 1.41. The number of pyridine rings is 1. The lowest BCUT2D eigenvalue weighted by Crippen LogP contribution is -2.60. The number of piperidine rings is 1. The predicted octanol–water partition coefficient (Wildman–Crippen LogP) is 8.80. The van der Waals surface area contributed by atoms with E-state index in [9.17, 15) is 37.1 Å². The molecular weight excluding hydrogens is 1030 g/mol. The third kappa shape index (κ3) is 11.6. The van der Waals surface area contributed by atoms with Crippen molar-refractivity contribution in [1.29, 1.82) is 0 Å². The summed E-state index contributed by atoms with van der Waals surface area (Å²) in [6.45, 7) is 7.94. The first-order valence-corrected chi connectivity index (χ1v) is 26.7. The van der Waals surface area contributed by atoms with E-state index in [1.807, 2.05) is 66.4 Å². The topological polar surface area (TPSA) is 193 Å². The molecule has 3 N–H and O–H groups in total. The van der Waals surface area contributed by atoms with Crippen molar-refractivity contribution in [2.75, 3.05) is 61.4 Å². The highest BCUT2D eigenvalue weighted by Gasteiger charge is 2.46. The number of amides is 4. The van der Waals surface area contributed by atoms with Gasteiger partial charge in [0.05, 0.1) is 46.2 Å². The van der Waals surface area contributed by atoms with Gasteiger partial charge >= 0.3 is 12.1 Å². The predicted molar refractivity (Wildman–Crippen MR) is 291 cm³/mol. The van der Waals surface area contributed by atoms with Gasteiger partial charge in [0, 0.05) is 69.3 Å². The van der Waals surface area contributed by atoms with Gasteiger partial charge in [-0.15, -0.1) is 0 Å². The zero-order chi connectivity index (χ0) is 55.0. The lowest BCUT2D eigenvalue weighted by Gasteiger charge is -2.41. The second-order valence-corrected chi connectivity index (χ2v) is 21.9. The van der Waals surface area contributed by atoms with Crippen molar-refractivity contribution in [3.63, 3.8) is 0 Å². The Morgan fingerprint density at radius 1 is 0.872 bits per heavy atom. The first-order chi connectivity index (χ1) is 37.3. The van der Waals surface area contributed by atoms with Crippen LogP contribution in [0, 0.1) is 6.92 Å². The van der Waals surface area contributed by atoms with E-state index in [1.165, 1.54) is 21.1 Å². The van der Waals surface area contributed by atoms with Crippen LogP contribution in [0.5, 0.6) is 5.75 Å². The van der Waals surface area contributed by atoms with Gasteiger partial charge in [-0.25, -0.2) is 14.8 Å². The lowest BCUT2D eigenvalue weighted by atomic mass is 9.92. The van der Waals surface area contributed by atoms with Crippen LogP contribution in [0.25, 0.3) is 32.2 Å². The normalized spacial score (nSPS) is 17.5. The van der Waals surface area contributed by atoms with Crippen LogP contribution in [0.4, 0.5) is 29.8 Å². The average molecular weight is 1090 g/mol. The summed E-state index contributed by atoms with van der Waals surface area (Å²) in [5.74, 6) is -1.80. The molecule has 3 aromatic heterocycles. The molecule has 3 aliphatic heterocycles. The molecule has 4 aromatic carbocycles. The van der Waals surface area contributed by atoms with Crippen LogP contribution in [0.1, 0.15) is 89.2 Å². The van der Waals surface area contributed by atoms with Gasteiger partial charge < -0.3 is 19.7 Å². The van der Waals surface area contributed by atoms with E-state index in [2.05, 4.69) is 26.0 Å². The number of hydrogen-bond donors (Lipinski definition) is 3. The molecule has 78 heavy (non-hydrogen) atoms. The largest absolute Gasteiger partial charge is 0.493 e. The van der Waals surface area contributed by atoms with Gasteiger partial charge in [0.1, 0.15) is 23.2 Å². The van der Waals surface area contributed by atoms with Gasteiger partial charge in [-0.2, -0.15) is 18.3 Å². The van der Waals surface area contributed by atoms with Gasteiger partial charge in [0.25, 0.3) is 5.91 Å². The molecular formula is C57H59F3N10O7S. The number of para-hydroxylation sites is 2. The minimum absolute atomic E-state index is 0.0699. The molecule has 406 valence electrons. The third-order valence-electron chi connectivity index (χ3n) is 14.3. The molecule has 6 heterocycles. The molecule has 10 rings (SSSR count). The fourth-order valence-corrected chi connectivity index (χ4v) is 11.4. The molecule has 0 radical (unpaired) electrons. The van der Waals surface area contributed by atoms with Crippen LogP contribution < -0.4 is 25.6 Å². The summed E-state index contributed by atoms with van der Waals surface area (Å²) in [5, 5.41) is 13.9. The van der Waals surface area contributed by atoms with Crippen molar-refractivity contribution in [3.05, 3.63) is 125 Å². The molecule has 4 amide bonds. The zero-order valence-corrected chi connectivity index (χ0v) is 44.6. The minimum atomic E-state index is -4.57. The molecule has 2 saturated heterocycles. The number of halogens is 3. The zero-order valence-electron chi connectivity index (χ0n) is 43.8. The Hall–Kier alpha value is -7.75. The Kier molecular flexibility index (Phi) is 15.1. The number of ether oxygens (including phenoxy) is 2. The Morgan fingerprint density at radius 3 is 2.45 bits per heavy atom. The number of anilines is 3. The molecule has 0 spiro atoms. The lowest BCUT2D eigenvalue weighted by molar-refractivity contribution is -0.197. The Balaban J connectivity index is 0.785. The van der Waals surface area contributed by atoms with Crippen molar-refractivity contribution >= 4 is 78.7 Å². The number of carbonyl (C=O) groups excluding carboxylic acids is 5. The molecule has 0 aliphatic carbocycles. The maximum absolute atomic E-state index is 14.7. The van der Waals surface area contributed by atoms with Gasteiger partial charge in [0.2, 0.25) is 17.7 Å². The molecule has 3 aliphatic rings. The van der Waals surface area contributed by atoms with E-state index in [-0.39, 0.29) is 63.1 Å². The number of fused-ring (bicyclic) bond motifs is 3. The van der Waals surface area contributed by atoms with Crippen LogP contribution >= 0.6 is 11.3 Å². The number of thiazole rings is 1. The number of piperazine rings is 1. The molecule has 1 unspecified atom stereocenters. The number of nitrogens with one attached hydrogen (secondary N) is 3. The van der Waals surface area contributed by atoms with Crippen molar-refractivity contribution in [2.24, 2.45) is 7.05 Å². The monoisotopic (exact) mass is 1080 g/mol. The number of aromatic nitrogens is 4. The second-order valence-electron chi connectivity index (χ2n) is 20.8. The number of nitrogens with zero attached hydrogens (tertiary/aromatic N) is 7. The highest BCUT2D eigenvalue weighted by Crippen LogP contribution is 2.37. The summed E-state index contributed by atoms with van der Waals surface area (Å²) in [5.41, 5.74) is 5.78. The Morgan fingerprint density at radius 2 is 1.67 bits per heavy atom. The first kappa shape index (κ1) is 53.6. The Bertz CT molecular complexity index is 3450. The second kappa shape index (κ2) is 21.9. The standard InChI is InChI=1S/C57H59F3N10O7S/c1-33-35(36-20-22-46(63-50(36)54(75)77-56(2,3)4)70-26-24-34-12-8-14-37(40(34)30-70)52(73)65-55-62-41-16-6-7-19-44(41)78-55)13-10-18-43(33)76-29-11-25-69-28-27-68(31-45(69)57(58,59)60)32-48(72)61-42-17-9-15-38-49(66-67(5)51(38)42)39-21-23-47(71)64-53(39)74/h6-10,12-20,22,39,45H,11,21,23-32H2,1-5H3,(H,61,72)(H,62,65,73)(H,64,71,74)/t39?,45-/m1/s1. The molecule has 17 nitrogen and oxygen atoms in total. The van der Waals surface area contributed by atoms with Gasteiger partial charge in [-0.05, 0) is 112 Å². The third-order valence-corrected chi connectivity index (χ3v) is 15.3. The van der Waals surface area contributed by atoms with Gasteiger partial charge in [-0.3, -0.25) is 44.3 Å². The van der Waals surface area contributed by atoms with Crippen LogP contribution in [-0.4, -0.2) is 123 Å². The van der Waals surface area contributed by atoms with E-state index in [1.54, 1.807) is 68.9 Å². The number of benzene rings is 4. The first-order valence-electron chi connectivity index (χ1n) is 25.9. The number of imide groups is 1. The highest BCUT2D eigenvalue weighted by atomic mass is 32.1. The molecule has 2 atom stereocenters. The Labute approximate surface area is 452 Å².